The van der Waals surface area contributed by atoms with Crippen LogP contribution in [-0.4, -0.2) is 40.9 Å². The number of carboxylic acids is 1. The van der Waals surface area contributed by atoms with Gasteiger partial charge in [0.1, 0.15) is 6.10 Å². The standard InChI is InChI=1S/C44H67NO5/c1-28(2)30-17-22-44(34(46)27-45-26-29-13-11-10-12-14-29)24-23-42(8)31(37(30)44)15-16-33-41(7)20-19-35(50-36(47)25-39(3,4)38(48)49)40(5,6)32(41)18-21-43(33,42)9/h10-14,28,31-35,45-46H,15-27H2,1-9H3,(H,48,49)/t31-,32+,33-,34-,35+,41+,42-,43-,44-/m1/s1. The SMILES string of the molecule is CC(C)C1=C2[C@H]3CC[C@@H]4[C@@]5(C)CC[C@H](OC(=O)CC(C)(C)C(=O)O)C(C)(C)[C@@H]5CC[C@@]4(C)[C@]3(C)CC[C@@]2([C@H](O)CNCc2ccccc2)CC1. The van der Waals surface area contributed by atoms with Crippen LogP contribution in [0.4, 0.5) is 0 Å². The van der Waals surface area contributed by atoms with Gasteiger partial charge < -0.3 is 20.3 Å². The number of nitrogens with one attached hydrogen (secondary N) is 1. The van der Waals surface area contributed by atoms with Gasteiger partial charge in [0, 0.05) is 23.9 Å². The van der Waals surface area contributed by atoms with Crippen LogP contribution in [0, 0.1) is 56.2 Å². The molecule has 6 heteroatoms. The fraction of sp³-hybridized carbons (Fsp3) is 0.773. The number of carbonyl (C=O) groups is 2. The molecular weight excluding hydrogens is 622 g/mol. The van der Waals surface area contributed by atoms with Crippen molar-refractivity contribution in [2.45, 2.75) is 152 Å². The Labute approximate surface area is 302 Å². The van der Waals surface area contributed by atoms with E-state index in [9.17, 15) is 19.8 Å². The number of esters is 1. The summed E-state index contributed by atoms with van der Waals surface area (Å²) in [4.78, 5) is 24.8. The number of allylic oxidation sites excluding steroid dienone is 1. The first-order valence-electron chi connectivity index (χ1n) is 19.9. The number of aliphatic hydroxyl groups is 1. The molecule has 4 saturated carbocycles. The Kier molecular flexibility index (Phi) is 9.80. The second-order valence-corrected chi connectivity index (χ2v) is 19.7. The molecule has 0 spiro atoms. The Hall–Kier alpha value is -2.18. The maximum absolute atomic E-state index is 13.1. The molecule has 1 aromatic rings. The van der Waals surface area contributed by atoms with Gasteiger partial charge in [0.15, 0.2) is 0 Å². The zero-order chi connectivity index (χ0) is 36.5. The first-order valence-corrected chi connectivity index (χ1v) is 19.9. The van der Waals surface area contributed by atoms with Crippen molar-refractivity contribution in [3.63, 3.8) is 0 Å². The number of carboxylic acid groups (broad SMARTS) is 1. The molecule has 0 bridgehead atoms. The van der Waals surface area contributed by atoms with Gasteiger partial charge >= 0.3 is 11.9 Å². The van der Waals surface area contributed by atoms with E-state index >= 15 is 0 Å². The second-order valence-electron chi connectivity index (χ2n) is 19.7. The fourth-order valence-electron chi connectivity index (χ4n) is 13.2. The summed E-state index contributed by atoms with van der Waals surface area (Å²) in [5.41, 5.74) is 3.60. The molecule has 50 heavy (non-hydrogen) atoms. The van der Waals surface area contributed by atoms with E-state index in [1.54, 1.807) is 25.0 Å². The topological polar surface area (TPSA) is 95.9 Å². The highest BCUT2D eigenvalue weighted by molar-refractivity contribution is 5.81. The minimum absolute atomic E-state index is 0.106. The molecule has 5 aliphatic carbocycles. The number of hydrogen-bond acceptors (Lipinski definition) is 5. The quantitative estimate of drug-likeness (QED) is 0.167. The van der Waals surface area contributed by atoms with E-state index in [0.29, 0.717) is 30.2 Å². The van der Waals surface area contributed by atoms with Crippen LogP contribution in [0.3, 0.4) is 0 Å². The Bertz CT molecular complexity index is 1480. The molecular formula is C44H67NO5. The van der Waals surface area contributed by atoms with Gasteiger partial charge in [-0.1, -0.05) is 89.9 Å². The highest BCUT2D eigenvalue weighted by Crippen LogP contribution is 2.77. The van der Waals surface area contributed by atoms with Crippen LogP contribution < -0.4 is 5.32 Å². The van der Waals surface area contributed by atoms with Crippen molar-refractivity contribution in [1.82, 2.24) is 5.32 Å². The lowest BCUT2D eigenvalue weighted by Gasteiger charge is -2.72. The molecule has 9 atom stereocenters. The molecule has 3 N–H and O–H groups in total. The Morgan fingerprint density at radius 2 is 1.60 bits per heavy atom. The maximum atomic E-state index is 13.1. The van der Waals surface area contributed by atoms with Crippen LogP contribution in [0.1, 0.15) is 139 Å². The zero-order valence-corrected chi connectivity index (χ0v) is 32.7. The van der Waals surface area contributed by atoms with Gasteiger partial charge in [-0.15, -0.1) is 0 Å². The minimum atomic E-state index is -1.14. The van der Waals surface area contributed by atoms with Gasteiger partial charge in [-0.2, -0.15) is 0 Å². The van der Waals surface area contributed by atoms with Crippen LogP contribution >= 0.6 is 0 Å². The third-order valence-electron chi connectivity index (χ3n) is 16.2. The van der Waals surface area contributed by atoms with Crippen LogP contribution in [-0.2, 0) is 20.9 Å². The van der Waals surface area contributed by atoms with E-state index in [0.717, 1.165) is 45.1 Å². The van der Waals surface area contributed by atoms with Crippen LogP contribution in [0.15, 0.2) is 41.5 Å². The summed E-state index contributed by atoms with van der Waals surface area (Å²) in [7, 11) is 0. The monoisotopic (exact) mass is 690 g/mol. The molecule has 0 radical (unpaired) electrons. The van der Waals surface area contributed by atoms with E-state index < -0.39 is 11.4 Å². The smallest absolute Gasteiger partial charge is 0.309 e. The number of rotatable bonds is 10. The summed E-state index contributed by atoms with van der Waals surface area (Å²) >= 11 is 0. The lowest BCUT2D eigenvalue weighted by atomic mass is 9.33. The normalized spacial score (nSPS) is 38.5. The first-order chi connectivity index (χ1) is 23.3. The number of fused-ring (bicyclic) bond motifs is 7. The maximum Gasteiger partial charge on any atom is 0.309 e. The van der Waals surface area contributed by atoms with E-state index in [-0.39, 0.29) is 51.7 Å². The van der Waals surface area contributed by atoms with Crippen molar-refractivity contribution >= 4 is 11.9 Å². The summed E-state index contributed by atoms with van der Waals surface area (Å²) in [6.45, 7) is 21.8. The summed E-state index contributed by atoms with van der Waals surface area (Å²) < 4.78 is 6.18. The lowest BCUT2D eigenvalue weighted by Crippen LogP contribution is -2.66. The van der Waals surface area contributed by atoms with Gasteiger partial charge in [0.25, 0.3) is 0 Å². The number of carbonyl (C=O) groups excluding carboxylic acids is 1. The molecule has 6 nitrogen and oxygen atoms in total. The molecule has 4 fully saturated rings. The summed E-state index contributed by atoms with van der Waals surface area (Å²) in [5.74, 6) is 0.669. The van der Waals surface area contributed by atoms with Crippen molar-refractivity contribution in [2.75, 3.05) is 6.54 Å². The van der Waals surface area contributed by atoms with Gasteiger partial charge in [0.2, 0.25) is 0 Å². The summed E-state index contributed by atoms with van der Waals surface area (Å²) in [5, 5.41) is 25.4. The van der Waals surface area contributed by atoms with Crippen molar-refractivity contribution in [2.24, 2.45) is 56.2 Å². The average molecular weight is 690 g/mol. The molecule has 278 valence electrons. The Balaban J connectivity index is 1.24. The van der Waals surface area contributed by atoms with Gasteiger partial charge in [-0.25, -0.2) is 0 Å². The van der Waals surface area contributed by atoms with E-state index in [4.69, 9.17) is 4.74 Å². The van der Waals surface area contributed by atoms with Crippen molar-refractivity contribution < 1.29 is 24.5 Å². The van der Waals surface area contributed by atoms with Crippen molar-refractivity contribution in [3.8, 4) is 0 Å². The fourth-order valence-corrected chi connectivity index (χ4v) is 13.2. The molecule has 0 aromatic heterocycles. The van der Waals surface area contributed by atoms with Crippen LogP contribution in [0.25, 0.3) is 0 Å². The molecule has 0 heterocycles. The number of benzene rings is 1. The molecule has 0 unspecified atom stereocenters. The van der Waals surface area contributed by atoms with E-state index in [2.05, 4.69) is 84.1 Å². The zero-order valence-electron chi connectivity index (χ0n) is 32.7. The van der Waals surface area contributed by atoms with Crippen molar-refractivity contribution in [1.29, 1.82) is 0 Å². The lowest BCUT2D eigenvalue weighted by molar-refractivity contribution is -0.235. The summed E-state index contributed by atoms with van der Waals surface area (Å²) in [6.07, 6.45) is 10.3. The highest BCUT2D eigenvalue weighted by Gasteiger charge is 2.70. The minimum Gasteiger partial charge on any atom is -0.481 e. The van der Waals surface area contributed by atoms with Gasteiger partial charge in [0.05, 0.1) is 17.9 Å². The average Bonchev–Trinajstić information content (AvgIpc) is 3.44. The number of aliphatic hydroxyl groups excluding tert-OH is 1. The molecule has 6 rings (SSSR count). The van der Waals surface area contributed by atoms with Gasteiger partial charge in [-0.3, -0.25) is 9.59 Å². The van der Waals surface area contributed by atoms with E-state index in [1.165, 1.54) is 31.2 Å². The Morgan fingerprint density at radius 1 is 0.900 bits per heavy atom. The van der Waals surface area contributed by atoms with Crippen LogP contribution in [0.5, 0.6) is 0 Å². The first kappa shape index (κ1) is 37.6. The highest BCUT2D eigenvalue weighted by atomic mass is 16.5. The van der Waals surface area contributed by atoms with Gasteiger partial charge in [-0.05, 0) is 124 Å². The van der Waals surface area contributed by atoms with Crippen LogP contribution in [0.2, 0.25) is 0 Å². The molecule has 0 saturated heterocycles. The number of hydrogen-bond donors (Lipinski definition) is 3. The predicted octanol–water partition coefficient (Wildman–Crippen LogP) is 9.35. The predicted molar refractivity (Wildman–Crippen MR) is 199 cm³/mol. The third kappa shape index (κ3) is 5.81. The molecule has 5 aliphatic rings. The third-order valence-corrected chi connectivity index (χ3v) is 16.2. The second kappa shape index (κ2) is 13.0. The molecule has 0 amide bonds. The largest absolute Gasteiger partial charge is 0.481 e. The molecule has 0 aliphatic heterocycles. The van der Waals surface area contributed by atoms with E-state index in [1.807, 2.05) is 0 Å². The summed E-state index contributed by atoms with van der Waals surface area (Å²) in [6, 6.07) is 10.5. The number of aliphatic carboxylic acids is 1. The molecule has 1 aromatic carbocycles. The van der Waals surface area contributed by atoms with Crippen molar-refractivity contribution in [3.05, 3.63) is 47.0 Å². The number of ether oxygens (including phenoxy) is 1. The Morgan fingerprint density at radius 3 is 2.26 bits per heavy atom.